The molecule has 0 saturated carbocycles. The van der Waals surface area contributed by atoms with Gasteiger partial charge in [0.05, 0.1) is 11.5 Å². The van der Waals surface area contributed by atoms with E-state index < -0.39 is 4.92 Å². The van der Waals surface area contributed by atoms with Crippen LogP contribution < -0.4 is 10.6 Å². The topological polar surface area (TPSA) is 108 Å². The summed E-state index contributed by atoms with van der Waals surface area (Å²) in [5.41, 5.74) is -0.214. The Morgan fingerprint density at radius 3 is 2.82 bits per heavy atom. The van der Waals surface area contributed by atoms with Gasteiger partial charge in [-0.3, -0.25) is 14.9 Å². The molecule has 0 aromatic heterocycles. The lowest BCUT2D eigenvalue weighted by atomic mass is 10.1. The maximum absolute atomic E-state index is 11.0. The molecule has 1 rings (SSSR count). The van der Waals surface area contributed by atoms with Crippen molar-refractivity contribution < 1.29 is 9.72 Å². The van der Waals surface area contributed by atoms with Crippen molar-refractivity contribution >= 4 is 17.3 Å². The van der Waals surface area contributed by atoms with E-state index in [9.17, 15) is 14.9 Å². The van der Waals surface area contributed by atoms with Crippen LogP contribution >= 0.6 is 0 Å². The zero-order valence-electron chi connectivity index (χ0n) is 9.06. The van der Waals surface area contributed by atoms with Crippen LogP contribution in [-0.2, 0) is 4.79 Å². The highest BCUT2D eigenvalue weighted by molar-refractivity contribution is 5.82. The summed E-state index contributed by atoms with van der Waals surface area (Å²) in [6, 6.07) is 6.05. The number of rotatable bonds is 4. The van der Waals surface area contributed by atoms with E-state index >= 15 is 0 Å². The summed E-state index contributed by atoms with van der Waals surface area (Å²) in [5, 5.41) is 24.6. The van der Waals surface area contributed by atoms with Crippen molar-refractivity contribution in [3.63, 3.8) is 0 Å². The van der Waals surface area contributed by atoms with E-state index in [1.165, 1.54) is 25.2 Å². The van der Waals surface area contributed by atoms with Crippen LogP contribution in [0.3, 0.4) is 0 Å². The fourth-order valence-electron chi connectivity index (χ4n) is 1.24. The quantitative estimate of drug-likeness (QED) is 0.586. The van der Waals surface area contributed by atoms with Gasteiger partial charge in [0.1, 0.15) is 17.3 Å². The Kier molecular flexibility index (Phi) is 4.00. The fourth-order valence-corrected chi connectivity index (χ4v) is 1.24. The summed E-state index contributed by atoms with van der Waals surface area (Å²) < 4.78 is 0. The average Bonchev–Trinajstić information content (AvgIpc) is 2.34. The highest BCUT2D eigenvalue weighted by Crippen LogP contribution is 2.27. The number of anilines is 1. The second-order valence-electron chi connectivity index (χ2n) is 3.10. The first kappa shape index (κ1) is 12.4. The van der Waals surface area contributed by atoms with E-state index in [4.69, 9.17) is 5.26 Å². The number of likely N-dealkylation sites (N-methyl/N-ethyl adjacent to an activating group) is 1. The molecule has 0 heterocycles. The minimum absolute atomic E-state index is 0.0445. The fraction of sp³-hybridized carbons (Fsp3) is 0.200. The predicted molar refractivity (Wildman–Crippen MR) is 60.4 cm³/mol. The third kappa shape index (κ3) is 2.92. The number of nitriles is 1. The standard InChI is InChI=1S/C10H10N4O3/c1-12-9(15)6-13-8-4-2-3-7(5-11)10(8)14(16)17/h2-4,13H,6H2,1H3,(H,12,15). The molecule has 0 unspecified atom stereocenters. The number of carbonyl (C=O) groups is 1. The summed E-state index contributed by atoms with van der Waals surface area (Å²) in [6.07, 6.45) is 0. The summed E-state index contributed by atoms with van der Waals surface area (Å²) >= 11 is 0. The van der Waals surface area contributed by atoms with Crippen molar-refractivity contribution in [2.24, 2.45) is 0 Å². The Hall–Kier alpha value is -2.62. The van der Waals surface area contributed by atoms with Gasteiger partial charge >= 0.3 is 5.69 Å². The van der Waals surface area contributed by atoms with E-state index in [0.29, 0.717) is 0 Å². The molecule has 88 valence electrons. The minimum atomic E-state index is -0.648. The number of para-hydroxylation sites is 1. The number of amides is 1. The first-order valence-corrected chi connectivity index (χ1v) is 4.72. The molecule has 0 atom stereocenters. The number of nitro groups is 1. The van der Waals surface area contributed by atoms with Gasteiger partial charge in [-0.15, -0.1) is 0 Å². The molecule has 1 aromatic rings. The summed E-state index contributed by atoms with van der Waals surface area (Å²) in [5.74, 6) is -0.304. The first-order chi connectivity index (χ1) is 8.10. The molecule has 0 aliphatic rings. The lowest BCUT2D eigenvalue weighted by Crippen LogP contribution is -2.26. The molecule has 2 N–H and O–H groups in total. The van der Waals surface area contributed by atoms with E-state index in [1.807, 2.05) is 0 Å². The maximum atomic E-state index is 11.0. The molecule has 1 aromatic carbocycles. The van der Waals surface area contributed by atoms with Crippen molar-refractivity contribution in [2.45, 2.75) is 0 Å². The van der Waals surface area contributed by atoms with Gasteiger partial charge < -0.3 is 10.6 Å². The van der Waals surface area contributed by atoms with Crippen LogP contribution in [0.15, 0.2) is 18.2 Å². The molecule has 0 fully saturated rings. The molecule has 0 radical (unpaired) electrons. The second kappa shape index (κ2) is 5.46. The third-order valence-corrected chi connectivity index (χ3v) is 2.06. The molecule has 0 aliphatic carbocycles. The second-order valence-corrected chi connectivity index (χ2v) is 3.10. The van der Waals surface area contributed by atoms with Gasteiger partial charge in [0.25, 0.3) is 0 Å². The van der Waals surface area contributed by atoms with Crippen molar-refractivity contribution in [1.29, 1.82) is 5.26 Å². The molecule has 0 saturated heterocycles. The smallest absolute Gasteiger partial charge is 0.309 e. The van der Waals surface area contributed by atoms with Crippen LogP contribution in [0.25, 0.3) is 0 Å². The van der Waals surface area contributed by atoms with Crippen molar-refractivity contribution in [1.82, 2.24) is 5.32 Å². The maximum Gasteiger partial charge on any atom is 0.309 e. The van der Waals surface area contributed by atoms with Gasteiger partial charge in [-0.1, -0.05) is 6.07 Å². The lowest BCUT2D eigenvalue weighted by Gasteiger charge is -2.06. The highest BCUT2D eigenvalue weighted by atomic mass is 16.6. The monoisotopic (exact) mass is 234 g/mol. The first-order valence-electron chi connectivity index (χ1n) is 4.72. The van der Waals surface area contributed by atoms with E-state index in [2.05, 4.69) is 10.6 Å². The van der Waals surface area contributed by atoms with E-state index in [1.54, 1.807) is 6.07 Å². The van der Waals surface area contributed by atoms with Gasteiger partial charge in [0.15, 0.2) is 0 Å². The molecule has 0 spiro atoms. The Morgan fingerprint density at radius 2 is 2.29 bits per heavy atom. The Morgan fingerprint density at radius 1 is 1.59 bits per heavy atom. The van der Waals surface area contributed by atoms with Crippen LogP contribution in [0, 0.1) is 21.4 Å². The average molecular weight is 234 g/mol. The summed E-state index contributed by atoms with van der Waals surface area (Å²) in [4.78, 5) is 21.2. The van der Waals surface area contributed by atoms with Crippen LogP contribution in [0.1, 0.15) is 5.56 Å². The van der Waals surface area contributed by atoms with Gasteiger partial charge in [-0.25, -0.2) is 0 Å². The van der Waals surface area contributed by atoms with Gasteiger partial charge in [0.2, 0.25) is 5.91 Å². The highest BCUT2D eigenvalue weighted by Gasteiger charge is 2.19. The lowest BCUT2D eigenvalue weighted by molar-refractivity contribution is -0.384. The number of hydrogen-bond acceptors (Lipinski definition) is 5. The molecule has 0 aliphatic heterocycles. The molecule has 17 heavy (non-hydrogen) atoms. The van der Waals surface area contributed by atoms with Crippen LogP contribution in [-0.4, -0.2) is 24.4 Å². The Labute approximate surface area is 97.2 Å². The SMILES string of the molecule is CNC(=O)CNc1cccc(C#N)c1[N+](=O)[O-]. The van der Waals surface area contributed by atoms with Crippen LogP contribution in [0.5, 0.6) is 0 Å². The van der Waals surface area contributed by atoms with E-state index in [0.717, 1.165) is 0 Å². The van der Waals surface area contributed by atoms with Gasteiger partial charge in [-0.2, -0.15) is 5.26 Å². The zero-order valence-corrected chi connectivity index (χ0v) is 9.06. The number of hydrogen-bond donors (Lipinski definition) is 2. The number of benzene rings is 1. The largest absolute Gasteiger partial charge is 0.371 e. The Balaban J connectivity index is 3.03. The van der Waals surface area contributed by atoms with E-state index in [-0.39, 0.29) is 29.4 Å². The Bertz CT molecular complexity index is 493. The zero-order chi connectivity index (χ0) is 12.8. The van der Waals surface area contributed by atoms with Gasteiger partial charge in [-0.05, 0) is 12.1 Å². The van der Waals surface area contributed by atoms with Crippen molar-refractivity contribution in [2.75, 3.05) is 18.9 Å². The summed E-state index contributed by atoms with van der Waals surface area (Å²) in [6.45, 7) is -0.0910. The number of nitro benzene ring substituents is 1. The number of carbonyl (C=O) groups excluding carboxylic acids is 1. The molecule has 7 nitrogen and oxygen atoms in total. The number of nitrogens with one attached hydrogen (secondary N) is 2. The van der Waals surface area contributed by atoms with Crippen LogP contribution in [0.2, 0.25) is 0 Å². The van der Waals surface area contributed by atoms with Crippen molar-refractivity contribution in [3.8, 4) is 6.07 Å². The van der Waals surface area contributed by atoms with Gasteiger partial charge in [0, 0.05) is 7.05 Å². The molecule has 7 heteroatoms. The summed E-state index contributed by atoms with van der Waals surface area (Å²) in [7, 11) is 1.46. The molecular weight excluding hydrogens is 224 g/mol. The molecule has 0 bridgehead atoms. The van der Waals surface area contributed by atoms with Crippen molar-refractivity contribution in [3.05, 3.63) is 33.9 Å². The minimum Gasteiger partial charge on any atom is -0.371 e. The normalized spacial score (nSPS) is 9.18. The number of nitrogens with zero attached hydrogens (tertiary/aromatic N) is 2. The molecular formula is C10H10N4O3. The third-order valence-electron chi connectivity index (χ3n) is 2.06. The predicted octanol–water partition coefficient (Wildman–Crippen LogP) is 0.624. The van der Waals surface area contributed by atoms with Crippen LogP contribution in [0.4, 0.5) is 11.4 Å². The molecule has 1 amide bonds.